The predicted molar refractivity (Wildman–Crippen MR) is 91.3 cm³/mol. The Kier molecular flexibility index (Phi) is 9.51. The zero-order chi connectivity index (χ0) is 13.0. The SMILES string of the molecule is C[C@@H](N)C(=O)NCC1(N2CCSCC2)CCCC1.Cl.Cl. The van der Waals surface area contributed by atoms with E-state index in [9.17, 15) is 4.79 Å². The van der Waals surface area contributed by atoms with E-state index in [1.807, 2.05) is 11.8 Å². The maximum absolute atomic E-state index is 11.7. The molecule has 1 atom stereocenters. The van der Waals surface area contributed by atoms with Crippen LogP contribution in [0.2, 0.25) is 0 Å². The Hall–Kier alpha value is 0.320. The molecule has 1 saturated carbocycles. The van der Waals surface area contributed by atoms with Gasteiger partial charge >= 0.3 is 0 Å². The van der Waals surface area contributed by atoms with Crippen molar-refractivity contribution in [3.8, 4) is 0 Å². The number of carbonyl (C=O) groups excluding carboxylic acids is 1. The average molecular weight is 344 g/mol. The molecule has 3 N–H and O–H groups in total. The Bertz CT molecular complexity index is 293. The molecule has 0 aromatic carbocycles. The largest absolute Gasteiger partial charge is 0.353 e. The fourth-order valence-corrected chi connectivity index (χ4v) is 3.99. The lowest BCUT2D eigenvalue weighted by Crippen LogP contribution is -2.57. The third-order valence-electron chi connectivity index (χ3n) is 4.22. The summed E-state index contributed by atoms with van der Waals surface area (Å²) in [6, 6.07) is -0.402. The minimum absolute atomic E-state index is 0. The van der Waals surface area contributed by atoms with E-state index in [1.165, 1.54) is 50.3 Å². The van der Waals surface area contributed by atoms with Gasteiger partial charge in [-0.05, 0) is 19.8 Å². The Morgan fingerprint density at radius 2 is 1.85 bits per heavy atom. The number of thioether (sulfide) groups is 1. The second kappa shape index (κ2) is 9.36. The monoisotopic (exact) mass is 343 g/mol. The molecule has 1 heterocycles. The molecule has 2 rings (SSSR count). The summed E-state index contributed by atoms with van der Waals surface area (Å²) in [4.78, 5) is 14.3. The van der Waals surface area contributed by atoms with E-state index < -0.39 is 6.04 Å². The fourth-order valence-electron chi connectivity index (χ4n) is 3.09. The number of rotatable bonds is 4. The van der Waals surface area contributed by atoms with Crippen LogP contribution in [0, 0.1) is 0 Å². The topological polar surface area (TPSA) is 58.4 Å². The van der Waals surface area contributed by atoms with Crippen LogP contribution in [-0.2, 0) is 4.79 Å². The zero-order valence-electron chi connectivity index (χ0n) is 12.1. The van der Waals surface area contributed by atoms with Gasteiger partial charge in [-0.2, -0.15) is 11.8 Å². The summed E-state index contributed by atoms with van der Waals surface area (Å²) < 4.78 is 0. The van der Waals surface area contributed by atoms with Gasteiger partial charge in [0.2, 0.25) is 5.91 Å². The van der Waals surface area contributed by atoms with Crippen LogP contribution in [-0.4, -0.2) is 53.5 Å². The van der Waals surface area contributed by atoms with Crippen molar-refractivity contribution < 1.29 is 4.79 Å². The van der Waals surface area contributed by atoms with Gasteiger partial charge in [0, 0.05) is 36.7 Å². The van der Waals surface area contributed by atoms with E-state index in [2.05, 4.69) is 10.2 Å². The summed E-state index contributed by atoms with van der Waals surface area (Å²) in [5.74, 6) is 2.43. The van der Waals surface area contributed by atoms with Crippen molar-refractivity contribution in [2.75, 3.05) is 31.1 Å². The zero-order valence-corrected chi connectivity index (χ0v) is 14.5. The first-order valence-corrected chi connectivity index (χ1v) is 8.16. The molecule has 120 valence electrons. The van der Waals surface area contributed by atoms with Gasteiger partial charge in [0.15, 0.2) is 0 Å². The highest BCUT2D eigenvalue weighted by Gasteiger charge is 2.40. The van der Waals surface area contributed by atoms with Gasteiger partial charge in [0.1, 0.15) is 0 Å². The van der Waals surface area contributed by atoms with Gasteiger partial charge in [-0.3, -0.25) is 9.69 Å². The normalized spacial score (nSPS) is 23.3. The third kappa shape index (κ3) is 4.95. The molecule has 0 unspecified atom stereocenters. The molecule has 0 radical (unpaired) electrons. The van der Waals surface area contributed by atoms with E-state index in [0.29, 0.717) is 0 Å². The van der Waals surface area contributed by atoms with E-state index in [4.69, 9.17) is 5.73 Å². The summed E-state index contributed by atoms with van der Waals surface area (Å²) in [7, 11) is 0. The van der Waals surface area contributed by atoms with E-state index in [-0.39, 0.29) is 36.3 Å². The minimum Gasteiger partial charge on any atom is -0.353 e. The lowest BCUT2D eigenvalue weighted by molar-refractivity contribution is -0.122. The maximum Gasteiger partial charge on any atom is 0.236 e. The maximum atomic E-state index is 11.7. The standard InChI is InChI=1S/C13H25N3OS.2ClH/c1-11(14)12(17)15-10-13(4-2-3-5-13)16-6-8-18-9-7-16;;/h11H,2-10,14H2,1H3,(H,15,17);2*1H/t11-;;/m1../s1. The molecular weight excluding hydrogens is 317 g/mol. The Morgan fingerprint density at radius 1 is 1.30 bits per heavy atom. The molecule has 0 spiro atoms. The molecule has 1 aliphatic carbocycles. The Balaban J connectivity index is 0.00000180. The van der Waals surface area contributed by atoms with Gasteiger partial charge < -0.3 is 11.1 Å². The van der Waals surface area contributed by atoms with Crippen molar-refractivity contribution in [3.63, 3.8) is 0 Å². The van der Waals surface area contributed by atoms with Crippen LogP contribution >= 0.6 is 36.6 Å². The van der Waals surface area contributed by atoms with Crippen molar-refractivity contribution in [2.45, 2.75) is 44.2 Å². The van der Waals surface area contributed by atoms with Gasteiger partial charge in [-0.25, -0.2) is 0 Å². The molecule has 2 aliphatic rings. The molecule has 0 aromatic heterocycles. The van der Waals surface area contributed by atoms with E-state index in [1.54, 1.807) is 6.92 Å². The van der Waals surface area contributed by atoms with Crippen molar-refractivity contribution in [1.82, 2.24) is 10.2 Å². The van der Waals surface area contributed by atoms with Crippen molar-refractivity contribution >= 4 is 42.5 Å². The molecule has 4 nitrogen and oxygen atoms in total. The smallest absolute Gasteiger partial charge is 0.236 e. The third-order valence-corrected chi connectivity index (χ3v) is 5.16. The first-order chi connectivity index (χ1) is 8.64. The number of nitrogens with two attached hydrogens (primary N) is 1. The molecular formula is C13H27Cl2N3OS. The summed E-state index contributed by atoms with van der Waals surface area (Å²) in [5.41, 5.74) is 5.83. The average Bonchev–Trinajstić information content (AvgIpc) is 2.87. The predicted octanol–water partition coefficient (Wildman–Crippen LogP) is 1.65. The molecule has 2 fully saturated rings. The van der Waals surface area contributed by atoms with E-state index in [0.717, 1.165) is 6.54 Å². The van der Waals surface area contributed by atoms with Crippen molar-refractivity contribution in [2.24, 2.45) is 5.73 Å². The number of halogens is 2. The first kappa shape index (κ1) is 20.3. The van der Waals surface area contributed by atoms with Crippen LogP contribution in [0.15, 0.2) is 0 Å². The molecule has 0 bridgehead atoms. The second-order valence-electron chi connectivity index (χ2n) is 5.54. The number of carbonyl (C=O) groups is 1. The van der Waals surface area contributed by atoms with E-state index >= 15 is 0 Å². The Morgan fingerprint density at radius 3 is 2.35 bits per heavy atom. The molecule has 1 aliphatic heterocycles. The van der Waals surface area contributed by atoms with Gasteiger partial charge in [-0.1, -0.05) is 12.8 Å². The highest BCUT2D eigenvalue weighted by molar-refractivity contribution is 7.99. The van der Waals surface area contributed by atoms with Crippen molar-refractivity contribution in [1.29, 1.82) is 0 Å². The summed E-state index contributed by atoms with van der Waals surface area (Å²) >= 11 is 2.04. The van der Waals surface area contributed by atoms with Gasteiger partial charge in [-0.15, -0.1) is 24.8 Å². The highest BCUT2D eigenvalue weighted by Crippen LogP contribution is 2.36. The Labute approximate surface area is 138 Å². The first-order valence-electron chi connectivity index (χ1n) is 7.00. The van der Waals surface area contributed by atoms with Crippen LogP contribution in [0.3, 0.4) is 0 Å². The number of nitrogens with one attached hydrogen (secondary N) is 1. The number of hydrogen-bond acceptors (Lipinski definition) is 4. The number of amides is 1. The van der Waals surface area contributed by atoms with Gasteiger partial charge in [0.25, 0.3) is 0 Å². The minimum atomic E-state index is -0.402. The highest BCUT2D eigenvalue weighted by atomic mass is 35.5. The van der Waals surface area contributed by atoms with Crippen LogP contribution < -0.4 is 11.1 Å². The summed E-state index contributed by atoms with van der Waals surface area (Å²) in [5, 5.41) is 3.05. The lowest BCUT2D eigenvalue weighted by Gasteiger charge is -2.43. The number of nitrogens with zero attached hydrogens (tertiary/aromatic N) is 1. The van der Waals surface area contributed by atoms with Crippen molar-refractivity contribution in [3.05, 3.63) is 0 Å². The molecule has 1 amide bonds. The molecule has 20 heavy (non-hydrogen) atoms. The number of hydrogen-bond donors (Lipinski definition) is 2. The summed E-state index contributed by atoms with van der Waals surface area (Å²) in [6.07, 6.45) is 5.02. The van der Waals surface area contributed by atoms with Gasteiger partial charge in [0.05, 0.1) is 6.04 Å². The molecule has 1 saturated heterocycles. The van der Waals surface area contributed by atoms with Crippen LogP contribution in [0.4, 0.5) is 0 Å². The van der Waals surface area contributed by atoms with Crippen LogP contribution in [0.1, 0.15) is 32.6 Å². The molecule has 7 heteroatoms. The molecule has 0 aromatic rings. The fraction of sp³-hybridized carbons (Fsp3) is 0.923. The lowest BCUT2D eigenvalue weighted by atomic mass is 9.94. The summed E-state index contributed by atoms with van der Waals surface area (Å²) in [6.45, 7) is 4.85. The second-order valence-corrected chi connectivity index (χ2v) is 6.76. The van der Waals surface area contributed by atoms with Crippen LogP contribution in [0.25, 0.3) is 0 Å². The quantitative estimate of drug-likeness (QED) is 0.814. The van der Waals surface area contributed by atoms with Crippen LogP contribution in [0.5, 0.6) is 0 Å².